The molecule has 22 aromatic rings. The number of hydrogen-bond acceptors (Lipinski definition) is 4. The van der Waals surface area contributed by atoms with Crippen molar-refractivity contribution in [3.8, 4) is 134 Å². The SMILES string of the molecule is c1ccc(-c2ccc(-c3ccc(N(c4ccc(-c5ccc(-c6ccccc6)cc5)cc4)c4ccc(-c5ccc(-c6cccc7c6oc6ccccc67)cc5)cc4)cc3)cc2)cc1.c1ccc(-c2cccc(-c3ccc(N(c4ccc(-c5ccc(-c6cccc7c6oc6ccccc67)cc5)cc4)c4ccc(-c5cccc(-c6ccccc6)c5)cc4)cc3)c2)cc1. The molecule has 0 saturated heterocycles. The number of hydrogen-bond donors (Lipinski definition) is 0. The quantitative estimate of drug-likeness (QED) is 0.0857. The first-order valence-electron chi connectivity index (χ1n) is 42.3. The second-order valence-corrected chi connectivity index (χ2v) is 31.4. The molecule has 20 aromatic carbocycles. The third kappa shape index (κ3) is 15.4. The van der Waals surface area contributed by atoms with Gasteiger partial charge in [-0.15, -0.1) is 0 Å². The molecule has 0 saturated carbocycles. The molecule has 0 spiro atoms. The lowest BCUT2D eigenvalue weighted by Gasteiger charge is -2.26. The molecule has 0 aliphatic heterocycles. The fraction of sp³-hybridized carbons (Fsp3) is 0. The Labute approximate surface area is 722 Å². The fourth-order valence-corrected chi connectivity index (χ4v) is 17.3. The van der Waals surface area contributed by atoms with Crippen molar-refractivity contribution in [2.75, 3.05) is 9.80 Å². The first kappa shape index (κ1) is 75.1. The molecule has 22 rings (SSSR count). The summed E-state index contributed by atoms with van der Waals surface area (Å²) in [5.74, 6) is 0. The lowest BCUT2D eigenvalue weighted by Crippen LogP contribution is -2.09. The Hall–Kier alpha value is -16.4. The number of fused-ring (bicyclic) bond motifs is 6. The molecular formula is C120H82N2O2. The summed E-state index contributed by atoms with van der Waals surface area (Å²) >= 11 is 0. The van der Waals surface area contributed by atoms with E-state index in [-0.39, 0.29) is 0 Å². The highest BCUT2D eigenvalue weighted by Gasteiger charge is 2.20. The van der Waals surface area contributed by atoms with Crippen LogP contribution < -0.4 is 9.80 Å². The van der Waals surface area contributed by atoms with Gasteiger partial charge >= 0.3 is 0 Å². The van der Waals surface area contributed by atoms with Gasteiger partial charge in [0.1, 0.15) is 22.3 Å². The monoisotopic (exact) mass is 1580 g/mol. The van der Waals surface area contributed by atoms with E-state index in [1.165, 1.54) is 89.0 Å². The Bertz CT molecular complexity index is 7210. The molecule has 0 atom stereocenters. The topological polar surface area (TPSA) is 32.8 Å². The number of nitrogens with zero attached hydrogens (tertiary/aromatic N) is 2. The van der Waals surface area contributed by atoms with Crippen molar-refractivity contribution in [1.29, 1.82) is 0 Å². The van der Waals surface area contributed by atoms with Gasteiger partial charge < -0.3 is 18.6 Å². The zero-order chi connectivity index (χ0) is 82.5. The van der Waals surface area contributed by atoms with Gasteiger partial charge in [0.05, 0.1) is 0 Å². The Morgan fingerprint density at radius 2 is 0.290 bits per heavy atom. The van der Waals surface area contributed by atoms with E-state index in [0.29, 0.717) is 0 Å². The van der Waals surface area contributed by atoms with Crippen molar-refractivity contribution in [3.05, 3.63) is 497 Å². The zero-order valence-electron chi connectivity index (χ0n) is 68.1. The van der Waals surface area contributed by atoms with Gasteiger partial charge in [-0.1, -0.05) is 400 Å². The summed E-state index contributed by atoms with van der Waals surface area (Å²) in [6, 6.07) is 178. The van der Waals surface area contributed by atoms with Crippen molar-refractivity contribution in [2.45, 2.75) is 0 Å². The van der Waals surface area contributed by atoms with Crippen LogP contribution in [-0.2, 0) is 0 Å². The van der Waals surface area contributed by atoms with Crippen molar-refractivity contribution in [1.82, 2.24) is 0 Å². The molecule has 0 fully saturated rings. The van der Waals surface area contributed by atoms with Gasteiger partial charge in [0.15, 0.2) is 0 Å². The molecule has 4 nitrogen and oxygen atoms in total. The Morgan fingerprint density at radius 3 is 0.540 bits per heavy atom. The Morgan fingerprint density at radius 1 is 0.121 bits per heavy atom. The second kappa shape index (κ2) is 33.8. The molecule has 2 heterocycles. The molecule has 0 aliphatic rings. The van der Waals surface area contributed by atoms with Gasteiger partial charge in [0.2, 0.25) is 0 Å². The van der Waals surface area contributed by atoms with Gasteiger partial charge in [0, 0.05) is 66.8 Å². The van der Waals surface area contributed by atoms with E-state index in [9.17, 15) is 0 Å². The predicted octanol–water partition coefficient (Wildman–Crippen LogP) is 34.1. The van der Waals surface area contributed by atoms with Crippen LogP contribution in [0.2, 0.25) is 0 Å². The van der Waals surface area contributed by atoms with Gasteiger partial charge in [-0.25, -0.2) is 0 Å². The molecule has 2 aromatic heterocycles. The van der Waals surface area contributed by atoms with E-state index in [1.807, 2.05) is 24.3 Å². The van der Waals surface area contributed by atoms with Crippen molar-refractivity contribution >= 4 is 78.0 Å². The van der Waals surface area contributed by atoms with Crippen molar-refractivity contribution in [3.63, 3.8) is 0 Å². The zero-order valence-corrected chi connectivity index (χ0v) is 68.1. The molecule has 0 radical (unpaired) electrons. The van der Waals surface area contributed by atoms with E-state index < -0.39 is 0 Å². The minimum atomic E-state index is 0.912. The minimum Gasteiger partial charge on any atom is -0.455 e. The molecule has 0 aliphatic carbocycles. The highest BCUT2D eigenvalue weighted by Crippen LogP contribution is 2.45. The summed E-state index contributed by atoms with van der Waals surface area (Å²) in [5.41, 5.74) is 38.5. The maximum atomic E-state index is 6.36. The van der Waals surface area contributed by atoms with E-state index in [2.05, 4.69) is 483 Å². The number of benzene rings is 20. The van der Waals surface area contributed by atoms with Crippen LogP contribution in [0.5, 0.6) is 0 Å². The smallest absolute Gasteiger partial charge is 0.143 e. The van der Waals surface area contributed by atoms with Crippen LogP contribution in [0.25, 0.3) is 177 Å². The second-order valence-electron chi connectivity index (χ2n) is 31.4. The van der Waals surface area contributed by atoms with Crippen molar-refractivity contribution < 1.29 is 8.83 Å². The van der Waals surface area contributed by atoms with Crippen molar-refractivity contribution in [2.24, 2.45) is 0 Å². The van der Waals surface area contributed by atoms with Gasteiger partial charge in [-0.2, -0.15) is 0 Å². The number of para-hydroxylation sites is 4. The number of rotatable bonds is 18. The van der Waals surface area contributed by atoms with Crippen LogP contribution in [0.3, 0.4) is 0 Å². The summed E-state index contributed by atoms with van der Waals surface area (Å²) in [4.78, 5) is 4.68. The Balaban J connectivity index is 0.000000152. The summed E-state index contributed by atoms with van der Waals surface area (Å²) in [6.07, 6.45) is 0. The summed E-state index contributed by atoms with van der Waals surface area (Å²) in [5, 5.41) is 4.57. The van der Waals surface area contributed by atoms with Crippen LogP contribution in [0.4, 0.5) is 34.1 Å². The number of anilines is 6. The van der Waals surface area contributed by atoms with E-state index >= 15 is 0 Å². The predicted molar refractivity (Wildman–Crippen MR) is 522 cm³/mol. The normalized spacial score (nSPS) is 11.2. The lowest BCUT2D eigenvalue weighted by atomic mass is 9.98. The maximum absolute atomic E-state index is 6.36. The standard InChI is InChI=1S/2C60H41NO/c1-3-12-42(13-4-1)49-16-9-18-51(40-49)46-30-36-54(37-31-46)61(55-38-32-47(33-39-55)52-19-10-17-50(41-52)43-14-5-2-6-15-43)53-34-28-45(29-35-53)44-24-26-48(27-25-44)56-21-11-22-58-57-20-7-8-23-59(57)62-60(56)58;1-3-10-42(11-4-1)44-18-22-46(23-19-44)49-30-36-53(37-31-49)61(54-38-32-50(33-39-54)47-24-20-45(21-25-47)43-12-5-2-6-13-43)55-40-34-51(35-41-55)48-26-28-52(29-27-48)56-15-9-16-58-57-14-7-8-17-59(57)62-60(56)58/h2*1-41H. The van der Waals surface area contributed by atoms with E-state index in [1.54, 1.807) is 0 Å². The van der Waals surface area contributed by atoms with Crippen LogP contribution in [0.15, 0.2) is 506 Å². The van der Waals surface area contributed by atoms with Crippen LogP contribution >= 0.6 is 0 Å². The molecule has 0 amide bonds. The summed E-state index contributed by atoms with van der Waals surface area (Å²) < 4.78 is 12.7. The third-order valence-electron chi connectivity index (χ3n) is 23.9. The molecule has 4 heteroatoms. The first-order valence-corrected chi connectivity index (χ1v) is 42.3. The van der Waals surface area contributed by atoms with E-state index in [0.717, 1.165) is 123 Å². The number of furan rings is 2. The van der Waals surface area contributed by atoms with Crippen LogP contribution in [0, 0.1) is 0 Å². The molecule has 0 unspecified atom stereocenters. The highest BCUT2D eigenvalue weighted by atomic mass is 16.3. The molecule has 584 valence electrons. The summed E-state index contributed by atoms with van der Waals surface area (Å²) in [6.45, 7) is 0. The molecule has 0 bridgehead atoms. The third-order valence-corrected chi connectivity index (χ3v) is 23.9. The fourth-order valence-electron chi connectivity index (χ4n) is 17.3. The van der Waals surface area contributed by atoms with Gasteiger partial charge in [-0.05, 0) is 219 Å². The highest BCUT2D eigenvalue weighted by molar-refractivity contribution is 6.11. The maximum Gasteiger partial charge on any atom is 0.143 e. The molecule has 124 heavy (non-hydrogen) atoms. The van der Waals surface area contributed by atoms with Gasteiger partial charge in [-0.3, -0.25) is 0 Å². The van der Waals surface area contributed by atoms with Gasteiger partial charge in [0.25, 0.3) is 0 Å². The average Bonchev–Trinajstić information content (AvgIpc) is 1.62. The van der Waals surface area contributed by atoms with E-state index in [4.69, 9.17) is 8.83 Å². The largest absolute Gasteiger partial charge is 0.455 e. The summed E-state index contributed by atoms with van der Waals surface area (Å²) in [7, 11) is 0. The average molecular weight is 1580 g/mol. The lowest BCUT2D eigenvalue weighted by molar-refractivity contribution is 0.669. The Kier molecular flexibility index (Phi) is 20.5. The first-order chi connectivity index (χ1) is 61.4. The minimum absolute atomic E-state index is 0.912. The molecule has 0 N–H and O–H groups in total. The van der Waals surface area contributed by atoms with Crippen LogP contribution in [0.1, 0.15) is 0 Å². The van der Waals surface area contributed by atoms with Crippen LogP contribution in [-0.4, -0.2) is 0 Å². The molecular weight excluding hydrogens is 1500 g/mol.